The maximum Gasteiger partial charge on any atom is 0.237 e. The molecule has 104 valence electrons. The summed E-state index contributed by atoms with van der Waals surface area (Å²) in [7, 11) is 1.83. The highest BCUT2D eigenvalue weighted by molar-refractivity contribution is 5.82. The number of hydrogen-bond acceptors (Lipinski definition) is 4. The zero-order valence-corrected chi connectivity index (χ0v) is 11.6. The van der Waals surface area contributed by atoms with Crippen molar-refractivity contribution in [3.8, 4) is 0 Å². The highest BCUT2D eigenvalue weighted by atomic mass is 16.2. The molecule has 5 nitrogen and oxygen atoms in total. The monoisotopic (exact) mass is 262 g/mol. The average molecular weight is 262 g/mol. The van der Waals surface area contributed by atoms with E-state index < -0.39 is 0 Å². The Balaban J connectivity index is 1.83. The lowest BCUT2D eigenvalue weighted by molar-refractivity contribution is -0.123. The van der Waals surface area contributed by atoms with E-state index in [2.05, 4.69) is 27.9 Å². The second kappa shape index (κ2) is 6.52. The Labute approximate surface area is 114 Å². The average Bonchev–Trinajstić information content (AvgIpc) is 2.94. The summed E-state index contributed by atoms with van der Waals surface area (Å²) in [5.74, 6) is 1.54. The van der Waals surface area contributed by atoms with E-state index in [-0.39, 0.29) is 11.9 Å². The number of nitrogens with zero attached hydrogens (tertiary/aromatic N) is 1. The van der Waals surface area contributed by atoms with E-state index >= 15 is 0 Å². The van der Waals surface area contributed by atoms with E-state index in [1.54, 1.807) is 6.20 Å². The van der Waals surface area contributed by atoms with Crippen molar-refractivity contribution >= 4 is 11.7 Å². The second-order valence-electron chi connectivity index (χ2n) is 4.99. The third-order valence-corrected chi connectivity index (χ3v) is 3.66. The highest BCUT2D eigenvalue weighted by Crippen LogP contribution is 2.17. The molecule has 3 N–H and O–H groups in total. The summed E-state index contributed by atoms with van der Waals surface area (Å²) >= 11 is 0. The predicted octanol–water partition coefficient (Wildman–Crippen LogP) is 1.13. The van der Waals surface area contributed by atoms with Crippen LogP contribution in [-0.4, -0.2) is 30.5 Å². The standard InChI is InChI=1S/C14H22N4O/c1-3-10-6-12(17-8-10)14(19)18-9-11-4-5-16-13(7-11)15-2/h4-5,7,10,12,17H,3,6,8-9H2,1-2H3,(H,15,16)(H,18,19)/t10?,12-/m0/s1. The number of rotatable bonds is 5. The molecule has 1 aromatic rings. The van der Waals surface area contributed by atoms with E-state index in [0.29, 0.717) is 12.5 Å². The molecule has 1 aliphatic heterocycles. The SMILES string of the molecule is CCC1CN[C@H](C(=O)NCc2ccnc(NC)c2)C1. The molecule has 5 heteroatoms. The van der Waals surface area contributed by atoms with Crippen LogP contribution in [0, 0.1) is 5.92 Å². The van der Waals surface area contributed by atoms with Gasteiger partial charge in [0.1, 0.15) is 5.82 Å². The summed E-state index contributed by atoms with van der Waals surface area (Å²) in [6.07, 6.45) is 3.82. The lowest BCUT2D eigenvalue weighted by atomic mass is 10.0. The maximum absolute atomic E-state index is 12.0. The zero-order valence-electron chi connectivity index (χ0n) is 11.6. The van der Waals surface area contributed by atoms with Crippen molar-refractivity contribution in [2.45, 2.75) is 32.4 Å². The van der Waals surface area contributed by atoms with Crippen molar-refractivity contribution in [1.29, 1.82) is 0 Å². The number of amides is 1. The van der Waals surface area contributed by atoms with Gasteiger partial charge in [0.2, 0.25) is 5.91 Å². The summed E-state index contributed by atoms with van der Waals surface area (Å²) in [4.78, 5) is 16.2. The third kappa shape index (κ3) is 3.67. The number of nitrogens with one attached hydrogen (secondary N) is 3. The molecule has 2 rings (SSSR count). The molecular weight excluding hydrogens is 240 g/mol. The van der Waals surface area contributed by atoms with Crippen molar-refractivity contribution in [3.05, 3.63) is 23.9 Å². The van der Waals surface area contributed by atoms with Gasteiger partial charge in [0.25, 0.3) is 0 Å². The predicted molar refractivity (Wildman–Crippen MR) is 75.8 cm³/mol. The van der Waals surface area contributed by atoms with Gasteiger partial charge in [0.05, 0.1) is 6.04 Å². The van der Waals surface area contributed by atoms with Crippen LogP contribution in [0.3, 0.4) is 0 Å². The highest BCUT2D eigenvalue weighted by Gasteiger charge is 2.27. The molecule has 0 aromatic carbocycles. The van der Waals surface area contributed by atoms with E-state index in [4.69, 9.17) is 0 Å². The van der Waals surface area contributed by atoms with Gasteiger partial charge in [-0.2, -0.15) is 0 Å². The van der Waals surface area contributed by atoms with Crippen molar-refractivity contribution in [2.24, 2.45) is 5.92 Å². The number of anilines is 1. The lowest BCUT2D eigenvalue weighted by Gasteiger charge is -2.11. The van der Waals surface area contributed by atoms with E-state index in [1.165, 1.54) is 0 Å². The molecule has 19 heavy (non-hydrogen) atoms. The molecule has 1 saturated heterocycles. The number of aromatic nitrogens is 1. The van der Waals surface area contributed by atoms with Crippen LogP contribution in [0.4, 0.5) is 5.82 Å². The van der Waals surface area contributed by atoms with Gasteiger partial charge in [-0.3, -0.25) is 4.79 Å². The molecule has 0 aliphatic carbocycles. The summed E-state index contributed by atoms with van der Waals surface area (Å²) in [6.45, 7) is 3.67. The maximum atomic E-state index is 12.0. The van der Waals surface area contributed by atoms with Crippen LogP contribution in [0.2, 0.25) is 0 Å². The van der Waals surface area contributed by atoms with Gasteiger partial charge in [-0.05, 0) is 36.6 Å². The first-order valence-corrected chi connectivity index (χ1v) is 6.86. The van der Waals surface area contributed by atoms with Crippen LogP contribution < -0.4 is 16.0 Å². The molecule has 0 spiro atoms. The van der Waals surface area contributed by atoms with Crippen LogP contribution in [0.25, 0.3) is 0 Å². The number of hydrogen-bond donors (Lipinski definition) is 3. The molecule has 2 heterocycles. The smallest absolute Gasteiger partial charge is 0.237 e. The Hall–Kier alpha value is -1.62. The molecule has 0 bridgehead atoms. The van der Waals surface area contributed by atoms with Crippen LogP contribution in [0.1, 0.15) is 25.3 Å². The summed E-state index contributed by atoms with van der Waals surface area (Å²) < 4.78 is 0. The molecular formula is C14H22N4O. The molecule has 1 amide bonds. The Morgan fingerprint density at radius 1 is 1.58 bits per heavy atom. The molecule has 1 aliphatic rings. The van der Waals surface area contributed by atoms with Gasteiger partial charge in [-0.25, -0.2) is 4.98 Å². The first-order valence-electron chi connectivity index (χ1n) is 6.86. The fraction of sp³-hybridized carbons (Fsp3) is 0.571. The number of carbonyl (C=O) groups excluding carboxylic acids is 1. The number of pyridine rings is 1. The summed E-state index contributed by atoms with van der Waals surface area (Å²) in [5, 5.41) is 9.25. The van der Waals surface area contributed by atoms with E-state index in [9.17, 15) is 4.79 Å². The molecule has 2 atom stereocenters. The second-order valence-corrected chi connectivity index (χ2v) is 4.99. The molecule has 1 fully saturated rings. The van der Waals surface area contributed by atoms with Crippen molar-refractivity contribution in [1.82, 2.24) is 15.6 Å². The van der Waals surface area contributed by atoms with Crippen LogP contribution in [0.5, 0.6) is 0 Å². The fourth-order valence-electron chi connectivity index (χ4n) is 2.35. The Bertz CT molecular complexity index is 435. The largest absolute Gasteiger partial charge is 0.373 e. The van der Waals surface area contributed by atoms with Gasteiger partial charge >= 0.3 is 0 Å². The van der Waals surface area contributed by atoms with Crippen molar-refractivity contribution < 1.29 is 4.79 Å². The van der Waals surface area contributed by atoms with E-state index in [1.807, 2.05) is 19.2 Å². The zero-order chi connectivity index (χ0) is 13.7. The first kappa shape index (κ1) is 13.8. The Morgan fingerprint density at radius 2 is 2.42 bits per heavy atom. The van der Waals surface area contributed by atoms with Crippen LogP contribution >= 0.6 is 0 Å². The fourth-order valence-corrected chi connectivity index (χ4v) is 2.35. The van der Waals surface area contributed by atoms with Gasteiger partial charge in [0.15, 0.2) is 0 Å². The molecule has 1 unspecified atom stereocenters. The van der Waals surface area contributed by atoms with Gasteiger partial charge in [-0.1, -0.05) is 13.3 Å². The molecule has 1 aromatic heterocycles. The van der Waals surface area contributed by atoms with Gasteiger partial charge < -0.3 is 16.0 Å². The van der Waals surface area contributed by atoms with Crippen LogP contribution in [0.15, 0.2) is 18.3 Å². The van der Waals surface area contributed by atoms with Gasteiger partial charge in [-0.15, -0.1) is 0 Å². The van der Waals surface area contributed by atoms with Gasteiger partial charge in [0, 0.05) is 19.8 Å². The summed E-state index contributed by atoms with van der Waals surface area (Å²) in [5.41, 5.74) is 1.05. The molecule has 0 radical (unpaired) electrons. The topological polar surface area (TPSA) is 66.0 Å². The quantitative estimate of drug-likeness (QED) is 0.744. The van der Waals surface area contributed by atoms with E-state index in [0.717, 1.165) is 30.8 Å². The molecule has 0 saturated carbocycles. The van der Waals surface area contributed by atoms with Crippen molar-refractivity contribution in [3.63, 3.8) is 0 Å². The summed E-state index contributed by atoms with van der Waals surface area (Å²) in [6, 6.07) is 3.82. The number of carbonyl (C=O) groups is 1. The van der Waals surface area contributed by atoms with Crippen molar-refractivity contribution in [2.75, 3.05) is 18.9 Å². The minimum Gasteiger partial charge on any atom is -0.373 e. The first-order chi connectivity index (χ1) is 9.22. The Kier molecular flexibility index (Phi) is 4.74. The third-order valence-electron chi connectivity index (χ3n) is 3.66. The Morgan fingerprint density at radius 3 is 3.11 bits per heavy atom. The lowest BCUT2D eigenvalue weighted by Crippen LogP contribution is -2.40. The minimum absolute atomic E-state index is 0.0319. The van der Waals surface area contributed by atoms with Crippen LogP contribution in [-0.2, 0) is 11.3 Å². The minimum atomic E-state index is -0.0319. The normalized spacial score (nSPS) is 22.2.